The van der Waals surface area contributed by atoms with Crippen molar-refractivity contribution in [1.82, 2.24) is 0 Å². The summed E-state index contributed by atoms with van der Waals surface area (Å²) in [6.07, 6.45) is 0. The second kappa shape index (κ2) is 7.45. The van der Waals surface area contributed by atoms with Crippen molar-refractivity contribution < 1.29 is 18.7 Å². The SMILES string of the molecule is CCOc1ccc(C(=O)Nc2cccc(F)c2)c(OCC)c1. The first-order valence-corrected chi connectivity index (χ1v) is 7.10. The number of hydrogen-bond acceptors (Lipinski definition) is 3. The van der Waals surface area contributed by atoms with Crippen molar-refractivity contribution in [1.29, 1.82) is 0 Å². The number of hydrogen-bond donors (Lipinski definition) is 1. The van der Waals surface area contributed by atoms with E-state index in [0.717, 1.165) is 0 Å². The van der Waals surface area contributed by atoms with Gasteiger partial charge in [-0.25, -0.2) is 4.39 Å². The predicted octanol–water partition coefficient (Wildman–Crippen LogP) is 3.88. The molecule has 0 aliphatic rings. The van der Waals surface area contributed by atoms with Gasteiger partial charge in [0.1, 0.15) is 17.3 Å². The van der Waals surface area contributed by atoms with E-state index in [1.807, 2.05) is 13.8 Å². The number of amides is 1. The molecule has 0 heterocycles. The van der Waals surface area contributed by atoms with Gasteiger partial charge in [-0.05, 0) is 44.2 Å². The molecule has 0 saturated carbocycles. The van der Waals surface area contributed by atoms with Gasteiger partial charge < -0.3 is 14.8 Å². The summed E-state index contributed by atoms with van der Waals surface area (Å²) in [7, 11) is 0. The van der Waals surface area contributed by atoms with Crippen LogP contribution in [-0.4, -0.2) is 19.1 Å². The summed E-state index contributed by atoms with van der Waals surface area (Å²) < 4.78 is 24.1. The smallest absolute Gasteiger partial charge is 0.259 e. The molecular formula is C17H18FNO3. The molecule has 1 amide bonds. The zero-order valence-corrected chi connectivity index (χ0v) is 12.6. The highest BCUT2D eigenvalue weighted by Gasteiger charge is 2.14. The average molecular weight is 303 g/mol. The van der Waals surface area contributed by atoms with Crippen LogP contribution in [0.25, 0.3) is 0 Å². The number of anilines is 1. The van der Waals surface area contributed by atoms with Crippen molar-refractivity contribution in [3.8, 4) is 11.5 Å². The summed E-state index contributed by atoms with van der Waals surface area (Å²) in [6.45, 7) is 4.67. The fourth-order valence-corrected chi connectivity index (χ4v) is 1.99. The van der Waals surface area contributed by atoms with E-state index in [9.17, 15) is 9.18 Å². The van der Waals surface area contributed by atoms with E-state index in [1.165, 1.54) is 18.2 Å². The first-order chi connectivity index (χ1) is 10.6. The van der Waals surface area contributed by atoms with Crippen LogP contribution >= 0.6 is 0 Å². The maximum absolute atomic E-state index is 13.2. The maximum atomic E-state index is 13.2. The molecule has 2 rings (SSSR count). The number of rotatable bonds is 6. The molecule has 0 aliphatic carbocycles. The number of ether oxygens (including phenoxy) is 2. The summed E-state index contributed by atoms with van der Waals surface area (Å²) in [5, 5.41) is 2.65. The average Bonchev–Trinajstić information content (AvgIpc) is 2.48. The molecule has 5 heteroatoms. The summed E-state index contributed by atoms with van der Waals surface area (Å²) in [6, 6.07) is 10.7. The number of halogens is 1. The molecule has 2 aromatic rings. The van der Waals surface area contributed by atoms with Crippen LogP contribution in [0.1, 0.15) is 24.2 Å². The lowest BCUT2D eigenvalue weighted by Crippen LogP contribution is -2.14. The molecule has 0 atom stereocenters. The van der Waals surface area contributed by atoms with Crippen LogP contribution in [0.15, 0.2) is 42.5 Å². The van der Waals surface area contributed by atoms with Crippen LogP contribution in [-0.2, 0) is 0 Å². The highest BCUT2D eigenvalue weighted by molar-refractivity contribution is 6.06. The predicted molar refractivity (Wildman–Crippen MR) is 83.1 cm³/mol. The molecule has 0 fully saturated rings. The Balaban J connectivity index is 2.24. The molecule has 0 aromatic heterocycles. The number of carbonyl (C=O) groups excluding carboxylic acids is 1. The number of carbonyl (C=O) groups is 1. The molecule has 0 aliphatic heterocycles. The Kier molecular flexibility index (Phi) is 5.36. The maximum Gasteiger partial charge on any atom is 0.259 e. The Morgan fingerprint density at radius 3 is 2.55 bits per heavy atom. The molecular weight excluding hydrogens is 285 g/mol. The molecule has 2 aromatic carbocycles. The van der Waals surface area contributed by atoms with Gasteiger partial charge in [-0.15, -0.1) is 0 Å². The molecule has 0 unspecified atom stereocenters. The Morgan fingerprint density at radius 1 is 1.09 bits per heavy atom. The lowest BCUT2D eigenvalue weighted by molar-refractivity contribution is 0.102. The molecule has 22 heavy (non-hydrogen) atoms. The monoisotopic (exact) mass is 303 g/mol. The van der Waals surface area contributed by atoms with E-state index in [-0.39, 0.29) is 5.91 Å². The first-order valence-electron chi connectivity index (χ1n) is 7.10. The van der Waals surface area contributed by atoms with Gasteiger partial charge in [0, 0.05) is 11.8 Å². The van der Waals surface area contributed by atoms with Crippen molar-refractivity contribution in [2.24, 2.45) is 0 Å². The van der Waals surface area contributed by atoms with Gasteiger partial charge in [0.15, 0.2) is 0 Å². The molecule has 0 spiro atoms. The minimum atomic E-state index is -0.408. The Bertz CT molecular complexity index is 658. The first kappa shape index (κ1) is 15.8. The standard InChI is InChI=1S/C17H18FNO3/c1-3-21-14-8-9-15(16(11-14)22-4-2)17(20)19-13-7-5-6-12(18)10-13/h5-11H,3-4H2,1-2H3,(H,19,20). The summed E-state index contributed by atoms with van der Waals surface area (Å²) in [5.74, 6) is 0.294. The third kappa shape index (κ3) is 3.97. The molecule has 0 saturated heterocycles. The van der Waals surface area contributed by atoms with E-state index in [0.29, 0.717) is 36.0 Å². The summed E-state index contributed by atoms with van der Waals surface area (Å²) in [5.41, 5.74) is 0.760. The quantitative estimate of drug-likeness (QED) is 0.881. The summed E-state index contributed by atoms with van der Waals surface area (Å²) in [4.78, 5) is 12.3. The Hall–Kier alpha value is -2.56. The van der Waals surface area contributed by atoms with Gasteiger partial charge in [-0.2, -0.15) is 0 Å². The number of nitrogens with one attached hydrogen (secondary N) is 1. The second-order valence-corrected chi connectivity index (χ2v) is 4.49. The highest BCUT2D eigenvalue weighted by atomic mass is 19.1. The van der Waals surface area contributed by atoms with Crippen LogP contribution in [0.3, 0.4) is 0 Å². The van der Waals surface area contributed by atoms with Gasteiger partial charge in [-0.1, -0.05) is 6.07 Å². The zero-order valence-electron chi connectivity index (χ0n) is 12.6. The van der Waals surface area contributed by atoms with Gasteiger partial charge in [0.25, 0.3) is 5.91 Å². The van der Waals surface area contributed by atoms with Gasteiger partial charge >= 0.3 is 0 Å². The van der Waals surface area contributed by atoms with Gasteiger partial charge in [0.05, 0.1) is 18.8 Å². The lowest BCUT2D eigenvalue weighted by atomic mass is 10.1. The van der Waals surface area contributed by atoms with Crippen LogP contribution in [0.4, 0.5) is 10.1 Å². The molecule has 0 bridgehead atoms. The topological polar surface area (TPSA) is 47.6 Å². The lowest BCUT2D eigenvalue weighted by Gasteiger charge is -2.12. The highest BCUT2D eigenvalue weighted by Crippen LogP contribution is 2.26. The van der Waals surface area contributed by atoms with E-state index in [4.69, 9.17) is 9.47 Å². The van der Waals surface area contributed by atoms with Gasteiger partial charge in [-0.3, -0.25) is 4.79 Å². The fraction of sp³-hybridized carbons (Fsp3) is 0.235. The van der Waals surface area contributed by atoms with Crippen LogP contribution in [0, 0.1) is 5.82 Å². The number of benzene rings is 2. The fourth-order valence-electron chi connectivity index (χ4n) is 1.99. The van der Waals surface area contributed by atoms with E-state index in [1.54, 1.807) is 24.3 Å². The third-order valence-corrected chi connectivity index (χ3v) is 2.89. The molecule has 4 nitrogen and oxygen atoms in total. The van der Waals surface area contributed by atoms with Crippen LogP contribution < -0.4 is 14.8 Å². The Labute approximate surface area is 128 Å². The summed E-state index contributed by atoms with van der Waals surface area (Å²) >= 11 is 0. The molecule has 0 radical (unpaired) electrons. The molecule has 1 N–H and O–H groups in total. The van der Waals surface area contributed by atoms with E-state index < -0.39 is 5.82 Å². The Morgan fingerprint density at radius 2 is 1.86 bits per heavy atom. The second-order valence-electron chi connectivity index (χ2n) is 4.49. The van der Waals surface area contributed by atoms with E-state index in [2.05, 4.69) is 5.32 Å². The van der Waals surface area contributed by atoms with Gasteiger partial charge in [0.2, 0.25) is 0 Å². The van der Waals surface area contributed by atoms with Crippen molar-refractivity contribution >= 4 is 11.6 Å². The van der Waals surface area contributed by atoms with Crippen molar-refractivity contribution in [2.75, 3.05) is 18.5 Å². The van der Waals surface area contributed by atoms with Crippen molar-refractivity contribution in [3.63, 3.8) is 0 Å². The minimum absolute atomic E-state index is 0.364. The van der Waals surface area contributed by atoms with Crippen molar-refractivity contribution in [3.05, 3.63) is 53.8 Å². The normalized spacial score (nSPS) is 10.1. The minimum Gasteiger partial charge on any atom is -0.494 e. The van der Waals surface area contributed by atoms with Crippen LogP contribution in [0.5, 0.6) is 11.5 Å². The molecule has 116 valence electrons. The van der Waals surface area contributed by atoms with Crippen LogP contribution in [0.2, 0.25) is 0 Å². The zero-order chi connectivity index (χ0) is 15.9. The van der Waals surface area contributed by atoms with Crippen molar-refractivity contribution in [2.45, 2.75) is 13.8 Å². The third-order valence-electron chi connectivity index (χ3n) is 2.89. The largest absolute Gasteiger partial charge is 0.494 e. The van der Waals surface area contributed by atoms with E-state index >= 15 is 0 Å².